The van der Waals surface area contributed by atoms with Crippen molar-refractivity contribution in [1.82, 2.24) is 15.5 Å². The summed E-state index contributed by atoms with van der Waals surface area (Å²) in [5.74, 6) is 0.728. The fourth-order valence-corrected chi connectivity index (χ4v) is 4.68. The third kappa shape index (κ3) is 7.38. The quantitative estimate of drug-likeness (QED) is 0.520. The van der Waals surface area contributed by atoms with Gasteiger partial charge in [-0.05, 0) is 31.0 Å². The minimum absolute atomic E-state index is 0.0362. The molecule has 1 heterocycles. The SMILES string of the molecule is CCNC(=NCCC(=O)NC1CCS(=O)(=O)C1)N(C)Cc1ccc(Cl)cc1. The first kappa shape index (κ1) is 21.5. The lowest BCUT2D eigenvalue weighted by atomic mass is 10.2. The van der Waals surface area contributed by atoms with Crippen LogP contribution in [0.15, 0.2) is 29.3 Å². The monoisotopic (exact) mass is 414 g/mol. The minimum atomic E-state index is -2.99. The number of aliphatic imine (C=N–C) groups is 1. The van der Waals surface area contributed by atoms with Crippen molar-refractivity contribution in [2.45, 2.75) is 32.4 Å². The summed E-state index contributed by atoms with van der Waals surface area (Å²) in [6.45, 7) is 3.70. The van der Waals surface area contributed by atoms with E-state index in [9.17, 15) is 13.2 Å². The van der Waals surface area contributed by atoms with Crippen molar-refractivity contribution in [3.8, 4) is 0 Å². The molecule has 1 amide bonds. The van der Waals surface area contributed by atoms with Gasteiger partial charge in [-0.2, -0.15) is 0 Å². The van der Waals surface area contributed by atoms with Gasteiger partial charge >= 0.3 is 0 Å². The summed E-state index contributed by atoms with van der Waals surface area (Å²) in [4.78, 5) is 18.5. The zero-order chi connectivity index (χ0) is 19.9. The van der Waals surface area contributed by atoms with Crippen LogP contribution in [0.4, 0.5) is 0 Å². The van der Waals surface area contributed by atoms with E-state index in [-0.39, 0.29) is 29.9 Å². The number of amides is 1. The van der Waals surface area contributed by atoms with Gasteiger partial charge in [0.15, 0.2) is 15.8 Å². The molecule has 0 saturated carbocycles. The average Bonchev–Trinajstić information content (AvgIpc) is 2.94. The highest BCUT2D eigenvalue weighted by atomic mass is 35.5. The Morgan fingerprint density at radius 1 is 1.33 bits per heavy atom. The van der Waals surface area contributed by atoms with E-state index in [1.807, 2.05) is 43.1 Å². The number of guanidine groups is 1. The second-order valence-electron chi connectivity index (χ2n) is 6.64. The summed E-state index contributed by atoms with van der Waals surface area (Å²) in [7, 11) is -1.06. The van der Waals surface area contributed by atoms with Crippen molar-refractivity contribution < 1.29 is 13.2 Å². The summed E-state index contributed by atoms with van der Waals surface area (Å²) in [5.41, 5.74) is 1.10. The number of hydrogen-bond acceptors (Lipinski definition) is 4. The van der Waals surface area contributed by atoms with E-state index in [0.29, 0.717) is 30.5 Å². The van der Waals surface area contributed by atoms with Gasteiger partial charge in [-0.3, -0.25) is 9.79 Å². The van der Waals surface area contributed by atoms with Crippen LogP contribution in [0.2, 0.25) is 5.02 Å². The molecule has 1 fully saturated rings. The van der Waals surface area contributed by atoms with Crippen LogP contribution in [0.1, 0.15) is 25.3 Å². The molecule has 1 aliphatic heterocycles. The van der Waals surface area contributed by atoms with E-state index in [0.717, 1.165) is 12.1 Å². The van der Waals surface area contributed by atoms with E-state index in [1.54, 1.807) is 0 Å². The third-order valence-corrected chi connectivity index (χ3v) is 6.25. The Balaban J connectivity index is 1.84. The van der Waals surface area contributed by atoms with Crippen molar-refractivity contribution >= 4 is 33.3 Å². The van der Waals surface area contributed by atoms with Crippen molar-refractivity contribution in [2.24, 2.45) is 4.99 Å². The minimum Gasteiger partial charge on any atom is -0.357 e. The van der Waals surface area contributed by atoms with Gasteiger partial charge in [-0.25, -0.2) is 8.42 Å². The van der Waals surface area contributed by atoms with Crippen LogP contribution in [0.25, 0.3) is 0 Å². The topological polar surface area (TPSA) is 90.9 Å². The van der Waals surface area contributed by atoms with Crippen LogP contribution in [-0.2, 0) is 21.2 Å². The number of hydrogen-bond donors (Lipinski definition) is 2. The summed E-state index contributed by atoms with van der Waals surface area (Å²) in [5, 5.41) is 6.69. The fourth-order valence-electron chi connectivity index (χ4n) is 2.88. The molecule has 1 unspecified atom stereocenters. The van der Waals surface area contributed by atoms with Crippen LogP contribution in [-0.4, -0.2) is 62.9 Å². The van der Waals surface area contributed by atoms with E-state index < -0.39 is 9.84 Å². The van der Waals surface area contributed by atoms with Crippen LogP contribution in [0.3, 0.4) is 0 Å². The predicted octanol–water partition coefficient (Wildman–Crippen LogP) is 1.43. The maximum Gasteiger partial charge on any atom is 0.222 e. The lowest BCUT2D eigenvalue weighted by Gasteiger charge is -2.22. The van der Waals surface area contributed by atoms with E-state index in [2.05, 4.69) is 15.6 Å². The molecular formula is C18H27ClN4O3S. The molecule has 7 nitrogen and oxygen atoms in total. The first-order chi connectivity index (χ1) is 12.8. The Bertz CT molecular complexity index is 765. The number of carbonyl (C=O) groups is 1. The molecule has 1 aliphatic rings. The fraction of sp³-hybridized carbons (Fsp3) is 0.556. The Hall–Kier alpha value is -1.80. The van der Waals surface area contributed by atoms with E-state index >= 15 is 0 Å². The van der Waals surface area contributed by atoms with E-state index in [1.165, 1.54) is 0 Å². The third-order valence-electron chi connectivity index (χ3n) is 4.23. The zero-order valence-electron chi connectivity index (χ0n) is 15.7. The maximum atomic E-state index is 12.0. The number of nitrogens with one attached hydrogen (secondary N) is 2. The Morgan fingerprint density at radius 2 is 2.04 bits per heavy atom. The number of benzene rings is 1. The van der Waals surface area contributed by atoms with Gasteiger partial charge in [0.1, 0.15) is 0 Å². The maximum absolute atomic E-state index is 12.0. The number of halogens is 1. The normalized spacial score (nSPS) is 18.9. The highest BCUT2D eigenvalue weighted by Crippen LogP contribution is 2.12. The molecule has 0 aromatic heterocycles. The molecule has 0 radical (unpaired) electrons. The standard InChI is InChI=1S/C18H27ClN4O3S/c1-3-20-18(23(2)12-14-4-6-15(19)7-5-14)21-10-8-17(24)22-16-9-11-27(25,26)13-16/h4-7,16H,3,8-13H2,1-2H3,(H,20,21)(H,22,24). The first-order valence-electron chi connectivity index (χ1n) is 9.02. The highest BCUT2D eigenvalue weighted by Gasteiger charge is 2.28. The highest BCUT2D eigenvalue weighted by molar-refractivity contribution is 7.91. The van der Waals surface area contributed by atoms with Crippen molar-refractivity contribution in [3.63, 3.8) is 0 Å². The molecule has 1 saturated heterocycles. The van der Waals surface area contributed by atoms with Crippen LogP contribution >= 0.6 is 11.6 Å². The largest absolute Gasteiger partial charge is 0.357 e. The molecule has 2 N–H and O–H groups in total. The molecule has 1 atom stereocenters. The van der Waals surface area contributed by atoms with Gasteiger partial charge < -0.3 is 15.5 Å². The van der Waals surface area contributed by atoms with Gasteiger partial charge in [0.05, 0.1) is 18.1 Å². The van der Waals surface area contributed by atoms with Crippen LogP contribution in [0, 0.1) is 0 Å². The second-order valence-corrected chi connectivity index (χ2v) is 9.30. The lowest BCUT2D eigenvalue weighted by molar-refractivity contribution is -0.121. The molecule has 27 heavy (non-hydrogen) atoms. The van der Waals surface area contributed by atoms with Crippen molar-refractivity contribution in [3.05, 3.63) is 34.9 Å². The predicted molar refractivity (Wildman–Crippen MR) is 109 cm³/mol. The Labute approximate surface area is 166 Å². The molecule has 1 aromatic carbocycles. The van der Waals surface area contributed by atoms with Gasteiger partial charge in [-0.1, -0.05) is 23.7 Å². The molecule has 2 rings (SSSR count). The molecule has 0 bridgehead atoms. The van der Waals surface area contributed by atoms with Crippen molar-refractivity contribution in [2.75, 3.05) is 31.6 Å². The van der Waals surface area contributed by atoms with Crippen LogP contribution < -0.4 is 10.6 Å². The average molecular weight is 415 g/mol. The zero-order valence-corrected chi connectivity index (χ0v) is 17.3. The molecule has 0 spiro atoms. The summed E-state index contributed by atoms with van der Waals surface area (Å²) in [6.07, 6.45) is 0.712. The number of nitrogens with zero attached hydrogens (tertiary/aromatic N) is 2. The van der Waals surface area contributed by atoms with Gasteiger partial charge in [0.2, 0.25) is 5.91 Å². The molecular weight excluding hydrogens is 388 g/mol. The second kappa shape index (κ2) is 9.94. The van der Waals surface area contributed by atoms with Gasteiger partial charge in [0.25, 0.3) is 0 Å². The summed E-state index contributed by atoms with van der Waals surface area (Å²) < 4.78 is 22.9. The molecule has 0 aliphatic carbocycles. The van der Waals surface area contributed by atoms with Gasteiger partial charge in [-0.15, -0.1) is 0 Å². The Kier molecular flexibility index (Phi) is 7.91. The lowest BCUT2D eigenvalue weighted by Crippen LogP contribution is -2.39. The summed E-state index contributed by atoms with van der Waals surface area (Å²) in [6, 6.07) is 7.36. The van der Waals surface area contributed by atoms with Crippen molar-refractivity contribution in [1.29, 1.82) is 0 Å². The van der Waals surface area contributed by atoms with Crippen LogP contribution in [0.5, 0.6) is 0 Å². The number of sulfone groups is 1. The molecule has 150 valence electrons. The molecule has 9 heteroatoms. The van der Waals surface area contributed by atoms with E-state index in [4.69, 9.17) is 11.6 Å². The smallest absolute Gasteiger partial charge is 0.222 e. The first-order valence-corrected chi connectivity index (χ1v) is 11.2. The number of carbonyl (C=O) groups excluding carboxylic acids is 1. The van der Waals surface area contributed by atoms with Gasteiger partial charge in [0, 0.05) is 37.6 Å². The number of rotatable bonds is 7. The Morgan fingerprint density at radius 3 is 2.63 bits per heavy atom. The summed E-state index contributed by atoms with van der Waals surface area (Å²) >= 11 is 5.91. The molecule has 1 aromatic rings.